The first-order chi connectivity index (χ1) is 16.3. The molecule has 0 amide bonds. The fourth-order valence-corrected chi connectivity index (χ4v) is 4.93. The van der Waals surface area contributed by atoms with E-state index in [0.29, 0.717) is 0 Å². The molecule has 6 heteroatoms. The van der Waals surface area contributed by atoms with Crippen molar-refractivity contribution in [2.75, 3.05) is 31.1 Å². The van der Waals surface area contributed by atoms with Gasteiger partial charge in [0.2, 0.25) is 0 Å². The zero-order valence-corrected chi connectivity index (χ0v) is 18.8. The third-order valence-electron chi connectivity index (χ3n) is 6.68. The lowest BCUT2D eigenvalue weighted by Gasteiger charge is -2.36. The fourth-order valence-electron chi connectivity index (χ4n) is 4.93. The number of anilines is 1. The van der Waals surface area contributed by atoms with E-state index in [1.807, 2.05) is 35.1 Å². The Hall–Kier alpha value is -3.51. The maximum atomic E-state index is 5.07. The number of rotatable bonds is 5. The Kier molecular flexibility index (Phi) is 5.36. The Morgan fingerprint density at radius 1 is 0.788 bits per heavy atom. The molecule has 1 aliphatic heterocycles. The zero-order chi connectivity index (χ0) is 22.0. The van der Waals surface area contributed by atoms with Gasteiger partial charge in [-0.05, 0) is 31.4 Å². The molecule has 6 rings (SSSR count). The van der Waals surface area contributed by atoms with Crippen molar-refractivity contribution < 1.29 is 0 Å². The van der Waals surface area contributed by atoms with E-state index < -0.39 is 0 Å². The second kappa shape index (κ2) is 8.79. The Morgan fingerprint density at radius 2 is 1.55 bits per heavy atom. The second-order valence-electron chi connectivity index (χ2n) is 8.91. The monoisotopic (exact) mass is 436 g/mol. The summed E-state index contributed by atoms with van der Waals surface area (Å²) >= 11 is 0. The summed E-state index contributed by atoms with van der Waals surface area (Å²) in [6, 6.07) is 20.7. The highest BCUT2D eigenvalue weighted by Crippen LogP contribution is 2.32. The lowest BCUT2D eigenvalue weighted by molar-refractivity contribution is 0.249. The van der Waals surface area contributed by atoms with Gasteiger partial charge in [0.05, 0.1) is 11.9 Å². The number of hydrogen-bond donors (Lipinski definition) is 0. The van der Waals surface area contributed by atoms with Crippen LogP contribution in [0.1, 0.15) is 23.2 Å². The maximum absolute atomic E-state index is 5.07. The quantitative estimate of drug-likeness (QED) is 0.471. The SMILES string of the molecule is c1ccc(-c2nc3c(c(N4CCN(Cc5cnn(-c6ccccc6)c5)CC4)n2)CCC3)cc1. The molecule has 0 radical (unpaired) electrons. The molecule has 1 aliphatic carbocycles. The molecule has 0 saturated carbocycles. The van der Waals surface area contributed by atoms with Crippen LogP contribution in [0.3, 0.4) is 0 Å². The normalized spacial score (nSPS) is 16.2. The van der Waals surface area contributed by atoms with E-state index in [2.05, 4.69) is 57.5 Å². The van der Waals surface area contributed by atoms with E-state index in [9.17, 15) is 0 Å². The Balaban J connectivity index is 1.16. The lowest BCUT2D eigenvalue weighted by atomic mass is 10.1. The highest BCUT2D eigenvalue weighted by atomic mass is 15.3. The molecule has 6 nitrogen and oxygen atoms in total. The smallest absolute Gasteiger partial charge is 0.161 e. The summed E-state index contributed by atoms with van der Waals surface area (Å²) in [5, 5.41) is 4.55. The van der Waals surface area contributed by atoms with Gasteiger partial charge in [0, 0.05) is 61.3 Å². The van der Waals surface area contributed by atoms with Crippen LogP contribution < -0.4 is 4.90 Å². The molecular weight excluding hydrogens is 408 g/mol. The maximum Gasteiger partial charge on any atom is 0.161 e. The lowest BCUT2D eigenvalue weighted by Crippen LogP contribution is -2.46. The van der Waals surface area contributed by atoms with E-state index in [1.165, 1.54) is 23.2 Å². The number of piperazine rings is 1. The number of fused-ring (bicyclic) bond motifs is 1. The van der Waals surface area contributed by atoms with Gasteiger partial charge in [-0.2, -0.15) is 5.10 Å². The van der Waals surface area contributed by atoms with Crippen molar-refractivity contribution in [1.82, 2.24) is 24.6 Å². The van der Waals surface area contributed by atoms with E-state index >= 15 is 0 Å². The van der Waals surface area contributed by atoms with Crippen LogP contribution in [0.5, 0.6) is 0 Å². The number of aryl methyl sites for hydroxylation is 1. The summed E-state index contributed by atoms with van der Waals surface area (Å²) in [5.74, 6) is 2.02. The number of benzene rings is 2. The average molecular weight is 437 g/mol. The Bertz CT molecular complexity index is 1230. The molecule has 0 spiro atoms. The first-order valence-corrected chi connectivity index (χ1v) is 11.8. The summed E-state index contributed by atoms with van der Waals surface area (Å²) in [5.41, 5.74) is 6.06. The molecule has 3 heterocycles. The van der Waals surface area contributed by atoms with Crippen LogP contribution in [0.25, 0.3) is 17.1 Å². The van der Waals surface area contributed by atoms with Crippen molar-refractivity contribution in [2.24, 2.45) is 0 Å². The topological polar surface area (TPSA) is 50.1 Å². The van der Waals surface area contributed by atoms with Crippen LogP contribution in [-0.2, 0) is 19.4 Å². The molecule has 33 heavy (non-hydrogen) atoms. The van der Waals surface area contributed by atoms with Gasteiger partial charge in [0.1, 0.15) is 5.82 Å². The predicted molar refractivity (Wildman–Crippen MR) is 131 cm³/mol. The predicted octanol–water partition coefficient (Wildman–Crippen LogP) is 4.14. The van der Waals surface area contributed by atoms with Crippen molar-refractivity contribution in [3.8, 4) is 17.1 Å². The minimum atomic E-state index is 0.863. The Labute approximate surface area is 194 Å². The third kappa shape index (κ3) is 4.14. The van der Waals surface area contributed by atoms with Crippen molar-refractivity contribution in [1.29, 1.82) is 0 Å². The largest absolute Gasteiger partial charge is 0.354 e. The molecule has 2 aliphatic rings. The van der Waals surface area contributed by atoms with Crippen LogP contribution in [0.2, 0.25) is 0 Å². The molecule has 0 unspecified atom stereocenters. The van der Waals surface area contributed by atoms with E-state index in [4.69, 9.17) is 9.97 Å². The minimum absolute atomic E-state index is 0.863. The van der Waals surface area contributed by atoms with Crippen LogP contribution in [0, 0.1) is 0 Å². The van der Waals surface area contributed by atoms with E-state index in [1.54, 1.807) is 0 Å². The number of hydrogen-bond acceptors (Lipinski definition) is 5. The van der Waals surface area contributed by atoms with Crippen molar-refractivity contribution in [3.63, 3.8) is 0 Å². The molecule has 166 valence electrons. The zero-order valence-electron chi connectivity index (χ0n) is 18.8. The summed E-state index contributed by atoms with van der Waals surface area (Å²) in [6.45, 7) is 4.96. The third-order valence-corrected chi connectivity index (χ3v) is 6.68. The molecule has 2 aromatic carbocycles. The fraction of sp³-hybridized carbons (Fsp3) is 0.296. The van der Waals surface area contributed by atoms with Gasteiger partial charge in [-0.1, -0.05) is 48.5 Å². The summed E-state index contributed by atoms with van der Waals surface area (Å²) in [6.07, 6.45) is 7.48. The van der Waals surface area contributed by atoms with Gasteiger partial charge < -0.3 is 4.90 Å². The molecule has 0 bridgehead atoms. The van der Waals surface area contributed by atoms with Crippen LogP contribution in [0.15, 0.2) is 73.1 Å². The minimum Gasteiger partial charge on any atom is -0.354 e. The first kappa shape index (κ1) is 20.1. The molecule has 0 atom stereocenters. The molecule has 4 aromatic rings. The molecular formula is C27H28N6. The van der Waals surface area contributed by atoms with Crippen molar-refractivity contribution in [2.45, 2.75) is 25.8 Å². The summed E-state index contributed by atoms with van der Waals surface area (Å²) in [7, 11) is 0. The van der Waals surface area contributed by atoms with Gasteiger partial charge in [0.15, 0.2) is 5.82 Å². The van der Waals surface area contributed by atoms with E-state index in [-0.39, 0.29) is 0 Å². The van der Waals surface area contributed by atoms with Gasteiger partial charge in [0.25, 0.3) is 0 Å². The van der Waals surface area contributed by atoms with Crippen molar-refractivity contribution >= 4 is 5.82 Å². The van der Waals surface area contributed by atoms with Crippen molar-refractivity contribution in [3.05, 3.63) is 89.9 Å². The summed E-state index contributed by atoms with van der Waals surface area (Å²) in [4.78, 5) is 15.0. The molecule has 1 fully saturated rings. The molecule has 2 aromatic heterocycles. The number of aromatic nitrogens is 4. The number of nitrogens with zero attached hydrogens (tertiary/aromatic N) is 6. The highest BCUT2D eigenvalue weighted by molar-refractivity contribution is 5.61. The first-order valence-electron chi connectivity index (χ1n) is 11.8. The Morgan fingerprint density at radius 3 is 2.33 bits per heavy atom. The van der Waals surface area contributed by atoms with E-state index in [0.717, 1.165) is 68.5 Å². The van der Waals surface area contributed by atoms with Gasteiger partial charge in [-0.3, -0.25) is 4.90 Å². The van der Waals surface area contributed by atoms with Gasteiger partial charge in [-0.25, -0.2) is 14.6 Å². The highest BCUT2D eigenvalue weighted by Gasteiger charge is 2.26. The summed E-state index contributed by atoms with van der Waals surface area (Å²) < 4.78 is 1.96. The van der Waals surface area contributed by atoms with Crippen LogP contribution in [-0.4, -0.2) is 50.8 Å². The van der Waals surface area contributed by atoms with Gasteiger partial charge in [-0.15, -0.1) is 0 Å². The number of para-hydroxylation sites is 1. The molecule has 1 saturated heterocycles. The second-order valence-corrected chi connectivity index (χ2v) is 8.91. The van der Waals surface area contributed by atoms with Crippen LogP contribution >= 0.6 is 0 Å². The average Bonchev–Trinajstić information content (AvgIpc) is 3.55. The van der Waals surface area contributed by atoms with Crippen LogP contribution in [0.4, 0.5) is 5.82 Å². The molecule has 0 N–H and O–H groups in total. The van der Waals surface area contributed by atoms with Gasteiger partial charge >= 0.3 is 0 Å². The standard InChI is InChI=1S/C27H28N6/c1-3-8-22(9-4-1)26-29-25-13-7-12-24(25)27(30-26)32-16-14-31(15-17-32)19-21-18-28-33(20-21)23-10-5-2-6-11-23/h1-6,8-11,18,20H,7,12-17,19H2.